The summed E-state index contributed by atoms with van der Waals surface area (Å²) in [4.78, 5) is 13.5. The van der Waals surface area contributed by atoms with Crippen LogP contribution >= 0.6 is 11.8 Å². The molecule has 0 saturated heterocycles. The number of rotatable bonds is 5. The largest absolute Gasteiger partial charge is 0.313 e. The van der Waals surface area contributed by atoms with Gasteiger partial charge in [0.2, 0.25) is 0 Å². The van der Waals surface area contributed by atoms with Crippen molar-refractivity contribution in [2.75, 3.05) is 6.54 Å². The predicted molar refractivity (Wildman–Crippen MR) is 82.0 cm³/mol. The number of pyridine rings is 1. The molecule has 0 amide bonds. The Morgan fingerprint density at radius 3 is 2.35 bits per heavy atom. The highest BCUT2D eigenvalue weighted by molar-refractivity contribution is 7.99. The molecule has 1 N–H and O–H groups in total. The number of aromatic nitrogens is 3. The Balaban J connectivity index is 2.10. The Labute approximate surface area is 124 Å². The third kappa shape index (κ3) is 3.77. The second-order valence-corrected chi connectivity index (χ2v) is 5.68. The van der Waals surface area contributed by atoms with E-state index in [1.807, 2.05) is 33.0 Å². The van der Waals surface area contributed by atoms with Crippen LogP contribution in [0.2, 0.25) is 0 Å². The van der Waals surface area contributed by atoms with E-state index in [1.54, 1.807) is 0 Å². The minimum absolute atomic E-state index is 0.762. The lowest BCUT2D eigenvalue weighted by atomic mass is 10.2. The molecular formula is C15H20N4S. The zero-order chi connectivity index (χ0) is 14.5. The average molecular weight is 288 g/mol. The molecule has 106 valence electrons. The maximum absolute atomic E-state index is 4.50. The van der Waals surface area contributed by atoms with E-state index in [9.17, 15) is 0 Å². The van der Waals surface area contributed by atoms with Crippen LogP contribution in [0.3, 0.4) is 0 Å². The predicted octanol–water partition coefficient (Wildman–Crippen LogP) is 3.06. The molecule has 2 aromatic heterocycles. The summed E-state index contributed by atoms with van der Waals surface area (Å²) in [6.45, 7) is 9.99. The van der Waals surface area contributed by atoms with Crippen LogP contribution in [0.25, 0.3) is 0 Å². The molecule has 0 unspecified atom stereocenters. The van der Waals surface area contributed by atoms with Crippen molar-refractivity contribution >= 4 is 11.8 Å². The van der Waals surface area contributed by atoms with E-state index in [0.717, 1.165) is 40.2 Å². The number of aryl methyl sites for hydroxylation is 2. The summed E-state index contributed by atoms with van der Waals surface area (Å²) in [7, 11) is 0. The first-order chi connectivity index (χ1) is 9.60. The zero-order valence-corrected chi connectivity index (χ0v) is 13.2. The summed E-state index contributed by atoms with van der Waals surface area (Å²) in [5.74, 6) is 0. The highest BCUT2D eigenvalue weighted by Gasteiger charge is 2.07. The summed E-state index contributed by atoms with van der Waals surface area (Å²) < 4.78 is 0. The van der Waals surface area contributed by atoms with Crippen molar-refractivity contribution in [1.82, 2.24) is 20.3 Å². The first-order valence-electron chi connectivity index (χ1n) is 6.75. The van der Waals surface area contributed by atoms with Gasteiger partial charge in [0.1, 0.15) is 5.03 Å². The van der Waals surface area contributed by atoms with Crippen molar-refractivity contribution in [2.45, 2.75) is 44.4 Å². The van der Waals surface area contributed by atoms with Gasteiger partial charge >= 0.3 is 0 Å². The van der Waals surface area contributed by atoms with Gasteiger partial charge in [-0.3, -0.25) is 0 Å². The smallest absolute Gasteiger partial charge is 0.194 e. The molecule has 4 nitrogen and oxygen atoms in total. The van der Waals surface area contributed by atoms with Gasteiger partial charge in [-0.2, -0.15) is 0 Å². The average Bonchev–Trinajstić information content (AvgIpc) is 2.44. The van der Waals surface area contributed by atoms with Crippen LogP contribution in [0, 0.1) is 20.8 Å². The fraction of sp³-hybridized carbons (Fsp3) is 0.400. The second-order valence-electron chi connectivity index (χ2n) is 4.69. The number of nitrogens with one attached hydrogen (secondary N) is 1. The van der Waals surface area contributed by atoms with E-state index >= 15 is 0 Å². The maximum Gasteiger partial charge on any atom is 0.194 e. The number of hydrogen-bond acceptors (Lipinski definition) is 5. The minimum Gasteiger partial charge on any atom is -0.313 e. The Morgan fingerprint density at radius 2 is 1.80 bits per heavy atom. The molecule has 0 bridgehead atoms. The van der Waals surface area contributed by atoms with Gasteiger partial charge in [-0.05, 0) is 56.3 Å². The first-order valence-corrected chi connectivity index (χ1v) is 7.57. The van der Waals surface area contributed by atoms with E-state index < -0.39 is 0 Å². The van der Waals surface area contributed by atoms with E-state index in [0.29, 0.717) is 0 Å². The molecule has 2 rings (SSSR count). The fourth-order valence-electron chi connectivity index (χ4n) is 1.73. The van der Waals surface area contributed by atoms with E-state index in [4.69, 9.17) is 0 Å². The van der Waals surface area contributed by atoms with Crippen LogP contribution in [-0.2, 0) is 6.54 Å². The highest BCUT2D eigenvalue weighted by Crippen LogP contribution is 2.24. The third-order valence-electron chi connectivity index (χ3n) is 3.18. The van der Waals surface area contributed by atoms with Crippen LogP contribution in [-0.4, -0.2) is 21.5 Å². The van der Waals surface area contributed by atoms with Crippen molar-refractivity contribution in [3.8, 4) is 0 Å². The van der Waals surface area contributed by atoms with Gasteiger partial charge in [0.15, 0.2) is 5.16 Å². The lowest BCUT2D eigenvalue weighted by Crippen LogP contribution is -2.11. The van der Waals surface area contributed by atoms with Crippen LogP contribution in [0.4, 0.5) is 0 Å². The van der Waals surface area contributed by atoms with Crippen LogP contribution in [0.5, 0.6) is 0 Å². The van der Waals surface area contributed by atoms with Gasteiger partial charge in [-0.25, -0.2) is 15.0 Å². The molecule has 2 heterocycles. The third-order valence-corrected chi connectivity index (χ3v) is 4.00. The van der Waals surface area contributed by atoms with Crippen LogP contribution < -0.4 is 5.32 Å². The molecule has 2 aromatic rings. The lowest BCUT2D eigenvalue weighted by Gasteiger charge is -2.07. The molecule has 0 fully saturated rings. The minimum atomic E-state index is 0.762. The van der Waals surface area contributed by atoms with Crippen molar-refractivity contribution in [2.24, 2.45) is 0 Å². The molecule has 20 heavy (non-hydrogen) atoms. The van der Waals surface area contributed by atoms with Gasteiger partial charge in [0.05, 0.1) is 0 Å². The van der Waals surface area contributed by atoms with E-state index in [2.05, 4.69) is 33.3 Å². The standard InChI is InChI=1S/C15H20N4S/c1-5-16-8-13-6-7-14(17-9-13)20-15-18-11(3)10(2)12(4)19-15/h6-7,9,16H,5,8H2,1-4H3. The van der Waals surface area contributed by atoms with Gasteiger partial charge in [0, 0.05) is 24.1 Å². The van der Waals surface area contributed by atoms with Gasteiger partial charge in [0.25, 0.3) is 0 Å². The Morgan fingerprint density at radius 1 is 1.10 bits per heavy atom. The number of hydrogen-bond donors (Lipinski definition) is 1. The molecule has 5 heteroatoms. The summed E-state index contributed by atoms with van der Waals surface area (Å²) >= 11 is 1.50. The molecule has 0 saturated carbocycles. The van der Waals surface area contributed by atoms with Gasteiger partial charge in [-0.1, -0.05) is 13.0 Å². The fourth-order valence-corrected chi connectivity index (χ4v) is 2.52. The lowest BCUT2D eigenvalue weighted by molar-refractivity contribution is 0.722. The second kappa shape index (κ2) is 6.81. The summed E-state index contributed by atoms with van der Waals surface area (Å²) in [5, 5.41) is 4.97. The zero-order valence-electron chi connectivity index (χ0n) is 12.4. The molecule has 0 aliphatic rings. The monoisotopic (exact) mass is 288 g/mol. The van der Waals surface area contributed by atoms with Gasteiger partial charge < -0.3 is 5.32 Å². The summed E-state index contributed by atoms with van der Waals surface area (Å²) in [5.41, 5.74) is 4.41. The normalized spacial score (nSPS) is 10.8. The van der Waals surface area contributed by atoms with Crippen LogP contribution in [0.1, 0.15) is 29.4 Å². The van der Waals surface area contributed by atoms with Crippen molar-refractivity contribution in [1.29, 1.82) is 0 Å². The van der Waals surface area contributed by atoms with E-state index in [1.165, 1.54) is 17.3 Å². The molecule has 0 aromatic carbocycles. The van der Waals surface area contributed by atoms with E-state index in [-0.39, 0.29) is 0 Å². The van der Waals surface area contributed by atoms with Crippen molar-refractivity contribution in [3.63, 3.8) is 0 Å². The molecule has 0 radical (unpaired) electrons. The van der Waals surface area contributed by atoms with Crippen molar-refractivity contribution < 1.29 is 0 Å². The van der Waals surface area contributed by atoms with Crippen molar-refractivity contribution in [3.05, 3.63) is 40.8 Å². The number of nitrogens with zero attached hydrogens (tertiary/aromatic N) is 3. The Bertz CT molecular complexity index is 558. The molecule has 0 spiro atoms. The molecule has 0 aliphatic carbocycles. The first kappa shape index (κ1) is 14.9. The molecule has 0 aliphatic heterocycles. The van der Waals surface area contributed by atoms with Gasteiger partial charge in [-0.15, -0.1) is 0 Å². The Kier molecular flexibility index (Phi) is 5.09. The topological polar surface area (TPSA) is 50.7 Å². The summed E-state index contributed by atoms with van der Waals surface area (Å²) in [6, 6.07) is 4.11. The maximum atomic E-state index is 4.50. The Hall–Kier alpha value is -1.46. The quantitative estimate of drug-likeness (QED) is 0.857. The summed E-state index contributed by atoms with van der Waals surface area (Å²) in [6.07, 6.45) is 1.90. The highest BCUT2D eigenvalue weighted by atomic mass is 32.2. The molecule has 0 atom stereocenters. The SMILES string of the molecule is CCNCc1ccc(Sc2nc(C)c(C)c(C)n2)nc1. The molecular weight excluding hydrogens is 268 g/mol. The van der Waals surface area contributed by atoms with Crippen LogP contribution in [0.15, 0.2) is 28.5 Å².